The Kier molecular flexibility index (Phi) is 5.26. The smallest absolute Gasteiger partial charge is 0.223 e. The van der Waals surface area contributed by atoms with Gasteiger partial charge in [-0.2, -0.15) is 5.10 Å². The fourth-order valence-corrected chi connectivity index (χ4v) is 2.35. The summed E-state index contributed by atoms with van der Waals surface area (Å²) in [5.41, 5.74) is 1.22. The van der Waals surface area contributed by atoms with Gasteiger partial charge >= 0.3 is 0 Å². The fourth-order valence-electron chi connectivity index (χ4n) is 2.35. The molecule has 0 N–H and O–H groups in total. The molecule has 23 heavy (non-hydrogen) atoms. The Balaban J connectivity index is 1.94. The SMILES string of the molecule is C[C@H](CC(=O)N(C)Cc1cnn(C)c1)C(=O)c1cccc(F)c1. The van der Waals surface area contributed by atoms with Gasteiger partial charge in [0.05, 0.1) is 6.20 Å². The van der Waals surface area contributed by atoms with Gasteiger partial charge in [0.1, 0.15) is 5.82 Å². The highest BCUT2D eigenvalue weighted by Crippen LogP contribution is 2.15. The summed E-state index contributed by atoms with van der Waals surface area (Å²) in [6, 6.07) is 5.54. The predicted octanol–water partition coefficient (Wildman–Crippen LogP) is 2.43. The standard InChI is InChI=1S/C17H20FN3O2/c1-12(17(23)14-5-4-6-15(18)8-14)7-16(22)20(2)10-13-9-19-21(3)11-13/h4-6,8-9,11-12H,7,10H2,1-3H3/t12-/m1/s1. The minimum Gasteiger partial charge on any atom is -0.341 e. The van der Waals surface area contributed by atoms with E-state index in [1.165, 1.54) is 18.2 Å². The Labute approximate surface area is 134 Å². The van der Waals surface area contributed by atoms with Crippen molar-refractivity contribution in [1.82, 2.24) is 14.7 Å². The van der Waals surface area contributed by atoms with Gasteiger partial charge in [0.2, 0.25) is 5.91 Å². The second kappa shape index (κ2) is 7.17. The van der Waals surface area contributed by atoms with E-state index in [9.17, 15) is 14.0 Å². The first kappa shape index (κ1) is 16.9. The van der Waals surface area contributed by atoms with E-state index < -0.39 is 11.7 Å². The quantitative estimate of drug-likeness (QED) is 0.769. The zero-order valence-corrected chi connectivity index (χ0v) is 13.5. The Morgan fingerprint density at radius 3 is 2.74 bits per heavy atom. The molecule has 1 aromatic carbocycles. The van der Waals surface area contributed by atoms with Crippen molar-refractivity contribution in [2.75, 3.05) is 7.05 Å². The van der Waals surface area contributed by atoms with Crippen molar-refractivity contribution in [1.29, 1.82) is 0 Å². The molecule has 2 rings (SSSR count). The Bertz CT molecular complexity index is 711. The van der Waals surface area contributed by atoms with Crippen molar-refractivity contribution < 1.29 is 14.0 Å². The van der Waals surface area contributed by atoms with Crippen molar-refractivity contribution in [3.05, 3.63) is 53.6 Å². The zero-order chi connectivity index (χ0) is 17.0. The van der Waals surface area contributed by atoms with Gasteiger partial charge in [0, 0.05) is 50.3 Å². The third-order valence-corrected chi connectivity index (χ3v) is 3.64. The van der Waals surface area contributed by atoms with Crippen molar-refractivity contribution in [2.45, 2.75) is 19.9 Å². The molecule has 6 heteroatoms. The highest BCUT2D eigenvalue weighted by atomic mass is 19.1. The van der Waals surface area contributed by atoms with Crippen molar-refractivity contribution >= 4 is 11.7 Å². The molecule has 1 heterocycles. The molecule has 5 nitrogen and oxygen atoms in total. The number of carbonyl (C=O) groups excluding carboxylic acids is 2. The van der Waals surface area contributed by atoms with Crippen LogP contribution < -0.4 is 0 Å². The number of ketones is 1. The molecule has 0 aliphatic rings. The van der Waals surface area contributed by atoms with Crippen LogP contribution in [0, 0.1) is 11.7 Å². The summed E-state index contributed by atoms with van der Waals surface area (Å²) in [5, 5.41) is 4.06. The van der Waals surface area contributed by atoms with E-state index in [1.807, 2.05) is 13.2 Å². The maximum atomic E-state index is 13.2. The zero-order valence-electron chi connectivity index (χ0n) is 13.5. The number of Topliss-reactive ketones (excluding diaryl/α,β-unsaturated/α-hetero) is 1. The monoisotopic (exact) mass is 317 g/mol. The third kappa shape index (κ3) is 4.48. The topological polar surface area (TPSA) is 55.2 Å². The van der Waals surface area contributed by atoms with Crippen molar-refractivity contribution in [3.8, 4) is 0 Å². The lowest BCUT2D eigenvalue weighted by atomic mass is 9.96. The number of amides is 1. The molecular formula is C17H20FN3O2. The molecule has 0 spiro atoms. The number of hydrogen-bond acceptors (Lipinski definition) is 3. The number of hydrogen-bond donors (Lipinski definition) is 0. The van der Waals surface area contributed by atoms with E-state index >= 15 is 0 Å². The second-order valence-corrected chi connectivity index (χ2v) is 5.75. The van der Waals surface area contributed by atoms with Crippen LogP contribution in [0.25, 0.3) is 0 Å². The lowest BCUT2D eigenvalue weighted by molar-refractivity contribution is -0.131. The first-order chi connectivity index (χ1) is 10.9. The first-order valence-electron chi connectivity index (χ1n) is 7.38. The Morgan fingerprint density at radius 1 is 1.39 bits per heavy atom. The highest BCUT2D eigenvalue weighted by Gasteiger charge is 2.21. The van der Waals surface area contributed by atoms with E-state index in [2.05, 4.69) is 5.10 Å². The largest absolute Gasteiger partial charge is 0.341 e. The van der Waals surface area contributed by atoms with Gasteiger partial charge in [-0.1, -0.05) is 19.1 Å². The predicted molar refractivity (Wildman–Crippen MR) is 84.2 cm³/mol. The minimum absolute atomic E-state index is 0.0894. The molecule has 1 amide bonds. The number of benzene rings is 1. The normalized spacial score (nSPS) is 12.0. The number of rotatable bonds is 6. The van der Waals surface area contributed by atoms with Gasteiger partial charge in [-0.25, -0.2) is 4.39 Å². The average Bonchev–Trinajstić information content (AvgIpc) is 2.91. The van der Waals surface area contributed by atoms with E-state index in [4.69, 9.17) is 0 Å². The minimum atomic E-state index is -0.499. The Hall–Kier alpha value is -2.50. The van der Waals surface area contributed by atoms with Gasteiger partial charge < -0.3 is 4.90 Å². The molecule has 0 aliphatic heterocycles. The van der Waals surface area contributed by atoms with Crippen LogP contribution in [-0.4, -0.2) is 33.4 Å². The number of aryl methyl sites for hydroxylation is 1. The van der Waals surface area contributed by atoms with E-state index in [0.29, 0.717) is 12.1 Å². The number of halogens is 1. The van der Waals surface area contributed by atoms with Gasteiger partial charge in [-0.15, -0.1) is 0 Å². The molecule has 1 atom stereocenters. The molecule has 1 aromatic heterocycles. The second-order valence-electron chi connectivity index (χ2n) is 5.75. The molecule has 2 aromatic rings. The lowest BCUT2D eigenvalue weighted by Gasteiger charge is -2.18. The van der Waals surface area contributed by atoms with Crippen LogP contribution in [0.2, 0.25) is 0 Å². The lowest BCUT2D eigenvalue weighted by Crippen LogP contribution is -2.29. The maximum Gasteiger partial charge on any atom is 0.223 e. The van der Waals surface area contributed by atoms with Gasteiger partial charge in [0.15, 0.2) is 5.78 Å². The summed E-state index contributed by atoms with van der Waals surface area (Å²) in [6.45, 7) is 2.12. The highest BCUT2D eigenvalue weighted by molar-refractivity contribution is 5.99. The summed E-state index contributed by atoms with van der Waals surface area (Å²) < 4.78 is 14.9. The molecule has 0 saturated carbocycles. The Morgan fingerprint density at radius 2 is 2.13 bits per heavy atom. The third-order valence-electron chi connectivity index (χ3n) is 3.64. The van der Waals surface area contributed by atoms with Crippen LogP contribution in [0.4, 0.5) is 4.39 Å². The molecule has 122 valence electrons. The number of aromatic nitrogens is 2. The number of nitrogens with zero attached hydrogens (tertiary/aromatic N) is 3. The van der Waals surface area contributed by atoms with Crippen LogP contribution in [0.15, 0.2) is 36.7 Å². The molecule has 0 bridgehead atoms. The molecular weight excluding hydrogens is 297 g/mol. The number of carbonyl (C=O) groups is 2. The molecule has 0 fully saturated rings. The van der Waals surface area contributed by atoms with Crippen LogP contribution >= 0.6 is 0 Å². The van der Waals surface area contributed by atoms with Crippen LogP contribution in [0.5, 0.6) is 0 Å². The van der Waals surface area contributed by atoms with Crippen molar-refractivity contribution in [3.63, 3.8) is 0 Å². The fraction of sp³-hybridized carbons (Fsp3) is 0.353. The van der Waals surface area contributed by atoms with Crippen LogP contribution in [0.3, 0.4) is 0 Å². The molecule has 0 radical (unpaired) electrons. The summed E-state index contributed by atoms with van der Waals surface area (Å²) in [6.07, 6.45) is 3.63. The first-order valence-corrected chi connectivity index (χ1v) is 7.38. The molecule has 0 unspecified atom stereocenters. The van der Waals surface area contributed by atoms with E-state index in [-0.39, 0.29) is 18.1 Å². The summed E-state index contributed by atoms with van der Waals surface area (Å²) in [7, 11) is 3.50. The van der Waals surface area contributed by atoms with E-state index in [0.717, 1.165) is 5.56 Å². The van der Waals surface area contributed by atoms with Crippen molar-refractivity contribution in [2.24, 2.45) is 13.0 Å². The average molecular weight is 317 g/mol. The summed E-state index contributed by atoms with van der Waals surface area (Å²) >= 11 is 0. The molecule has 0 saturated heterocycles. The van der Waals surface area contributed by atoms with E-state index in [1.54, 1.807) is 35.8 Å². The van der Waals surface area contributed by atoms with Crippen LogP contribution in [0.1, 0.15) is 29.3 Å². The van der Waals surface area contributed by atoms with Gasteiger partial charge in [-0.05, 0) is 12.1 Å². The van der Waals surface area contributed by atoms with Gasteiger partial charge in [-0.3, -0.25) is 14.3 Å². The summed E-state index contributed by atoms with van der Waals surface area (Å²) in [5.74, 6) is -1.32. The van der Waals surface area contributed by atoms with Gasteiger partial charge in [0.25, 0.3) is 0 Å². The van der Waals surface area contributed by atoms with Crippen LogP contribution in [-0.2, 0) is 18.4 Å². The molecule has 0 aliphatic carbocycles. The summed E-state index contributed by atoms with van der Waals surface area (Å²) in [4.78, 5) is 26.1. The maximum absolute atomic E-state index is 13.2.